The first-order chi connectivity index (χ1) is 9.74. The number of rotatable bonds is 4. The Labute approximate surface area is 117 Å². The molecule has 0 saturated carbocycles. The van der Waals surface area contributed by atoms with E-state index in [4.69, 9.17) is 4.74 Å². The molecule has 0 aliphatic carbocycles. The predicted octanol–water partition coefficient (Wildman–Crippen LogP) is 2.04. The Kier molecular flexibility index (Phi) is 3.41. The Morgan fingerprint density at radius 1 is 1.50 bits per heavy atom. The fraction of sp³-hybridized carbons (Fsp3) is 0.333. The molecule has 1 aromatic heterocycles. The van der Waals surface area contributed by atoms with Crippen LogP contribution in [0.5, 0.6) is 5.75 Å². The summed E-state index contributed by atoms with van der Waals surface area (Å²) in [4.78, 5) is 12.4. The van der Waals surface area contributed by atoms with Gasteiger partial charge < -0.3 is 10.1 Å². The van der Waals surface area contributed by atoms with Gasteiger partial charge in [-0.05, 0) is 24.1 Å². The van der Waals surface area contributed by atoms with Crippen molar-refractivity contribution in [2.24, 2.45) is 7.05 Å². The Morgan fingerprint density at radius 2 is 2.40 bits per heavy atom. The summed E-state index contributed by atoms with van der Waals surface area (Å²) in [6.45, 7) is 1.38. The summed E-state index contributed by atoms with van der Waals surface area (Å²) < 4.78 is 7.38. The zero-order valence-corrected chi connectivity index (χ0v) is 11.4. The molecular formula is C15H17N3O2. The van der Waals surface area contributed by atoms with Gasteiger partial charge >= 0.3 is 0 Å². The monoisotopic (exact) mass is 271 g/mol. The highest BCUT2D eigenvalue weighted by atomic mass is 16.5. The molecule has 20 heavy (non-hydrogen) atoms. The standard InChI is InChI=1S/C15H17N3O2/c1-18-10-11(9-17-18)5-6-14(19)12-3-2-4-13-15(12)20-8-7-16-13/h2-4,9-10,16H,5-8H2,1H3. The van der Waals surface area contributed by atoms with Crippen LogP contribution in [0.15, 0.2) is 30.6 Å². The number of hydrogen-bond donors (Lipinski definition) is 1. The van der Waals surface area contributed by atoms with Crippen molar-refractivity contribution >= 4 is 11.5 Å². The van der Waals surface area contributed by atoms with Crippen LogP contribution in [0.1, 0.15) is 22.3 Å². The number of ether oxygens (including phenoxy) is 1. The van der Waals surface area contributed by atoms with Gasteiger partial charge in [-0.1, -0.05) is 6.07 Å². The van der Waals surface area contributed by atoms with Crippen LogP contribution in [-0.2, 0) is 13.5 Å². The smallest absolute Gasteiger partial charge is 0.167 e. The van der Waals surface area contributed by atoms with Crippen molar-refractivity contribution in [3.8, 4) is 5.75 Å². The summed E-state index contributed by atoms with van der Waals surface area (Å²) in [6, 6.07) is 5.65. The summed E-state index contributed by atoms with van der Waals surface area (Å²) in [5.74, 6) is 0.796. The summed E-state index contributed by atoms with van der Waals surface area (Å²) >= 11 is 0. The largest absolute Gasteiger partial charge is 0.489 e. The molecule has 0 unspecified atom stereocenters. The third kappa shape index (κ3) is 2.52. The maximum Gasteiger partial charge on any atom is 0.167 e. The van der Waals surface area contributed by atoms with Crippen molar-refractivity contribution in [3.05, 3.63) is 41.7 Å². The lowest BCUT2D eigenvalue weighted by molar-refractivity contribution is 0.0979. The number of aryl methyl sites for hydroxylation is 2. The van der Waals surface area contributed by atoms with Gasteiger partial charge in [-0.2, -0.15) is 5.10 Å². The number of benzene rings is 1. The Morgan fingerprint density at radius 3 is 3.20 bits per heavy atom. The molecule has 3 rings (SSSR count). The van der Waals surface area contributed by atoms with E-state index in [0.29, 0.717) is 30.8 Å². The van der Waals surface area contributed by atoms with Crippen molar-refractivity contribution < 1.29 is 9.53 Å². The topological polar surface area (TPSA) is 56.1 Å². The minimum absolute atomic E-state index is 0.106. The molecule has 1 aliphatic rings. The molecule has 0 radical (unpaired) electrons. The van der Waals surface area contributed by atoms with Gasteiger partial charge in [0, 0.05) is 26.2 Å². The molecule has 5 heteroatoms. The van der Waals surface area contributed by atoms with Gasteiger partial charge in [0.1, 0.15) is 6.61 Å². The predicted molar refractivity (Wildman–Crippen MR) is 76.3 cm³/mol. The Hall–Kier alpha value is -2.30. The van der Waals surface area contributed by atoms with Crippen molar-refractivity contribution in [1.82, 2.24) is 9.78 Å². The minimum Gasteiger partial charge on any atom is -0.489 e. The number of hydrogen-bond acceptors (Lipinski definition) is 4. The van der Waals surface area contributed by atoms with Crippen LogP contribution in [0.2, 0.25) is 0 Å². The van der Waals surface area contributed by atoms with E-state index in [0.717, 1.165) is 17.8 Å². The minimum atomic E-state index is 0.106. The highest BCUT2D eigenvalue weighted by Crippen LogP contribution is 2.32. The van der Waals surface area contributed by atoms with Crippen LogP contribution < -0.4 is 10.1 Å². The molecule has 0 atom stereocenters. The lowest BCUT2D eigenvalue weighted by Crippen LogP contribution is -2.20. The van der Waals surface area contributed by atoms with Gasteiger partial charge in [-0.15, -0.1) is 0 Å². The fourth-order valence-electron chi connectivity index (χ4n) is 2.38. The van der Waals surface area contributed by atoms with Gasteiger partial charge in [0.05, 0.1) is 17.4 Å². The van der Waals surface area contributed by atoms with Crippen LogP contribution in [0.3, 0.4) is 0 Å². The molecule has 1 N–H and O–H groups in total. The number of nitrogens with one attached hydrogen (secondary N) is 1. The molecule has 1 aliphatic heterocycles. The van der Waals surface area contributed by atoms with E-state index in [9.17, 15) is 4.79 Å². The molecule has 2 aromatic rings. The van der Waals surface area contributed by atoms with Crippen LogP contribution in [0.25, 0.3) is 0 Å². The SMILES string of the molecule is Cn1cc(CCC(=O)c2cccc3c2OCCN3)cn1. The van der Waals surface area contributed by atoms with Gasteiger partial charge in [0.2, 0.25) is 0 Å². The fourth-order valence-corrected chi connectivity index (χ4v) is 2.38. The van der Waals surface area contributed by atoms with E-state index in [1.165, 1.54) is 0 Å². The highest BCUT2D eigenvalue weighted by Gasteiger charge is 2.18. The average molecular weight is 271 g/mol. The molecule has 1 aromatic carbocycles. The van der Waals surface area contributed by atoms with E-state index in [2.05, 4.69) is 10.4 Å². The van der Waals surface area contributed by atoms with Crippen LogP contribution >= 0.6 is 0 Å². The van der Waals surface area contributed by atoms with Crippen LogP contribution in [0.4, 0.5) is 5.69 Å². The van der Waals surface area contributed by atoms with E-state index in [-0.39, 0.29) is 5.78 Å². The van der Waals surface area contributed by atoms with Crippen molar-refractivity contribution in [1.29, 1.82) is 0 Å². The third-order valence-corrected chi connectivity index (χ3v) is 3.38. The molecule has 0 fully saturated rings. The van der Waals surface area contributed by atoms with Crippen LogP contribution in [0, 0.1) is 0 Å². The maximum absolute atomic E-state index is 12.4. The third-order valence-electron chi connectivity index (χ3n) is 3.38. The number of fused-ring (bicyclic) bond motifs is 1. The van der Waals surface area contributed by atoms with E-state index >= 15 is 0 Å². The second-order valence-corrected chi connectivity index (χ2v) is 4.90. The molecule has 2 heterocycles. The average Bonchev–Trinajstić information content (AvgIpc) is 2.90. The number of anilines is 1. The normalized spacial score (nSPS) is 13.2. The van der Waals surface area contributed by atoms with Crippen molar-refractivity contribution in [2.45, 2.75) is 12.8 Å². The number of para-hydroxylation sites is 1. The zero-order valence-electron chi connectivity index (χ0n) is 11.4. The first-order valence-corrected chi connectivity index (χ1v) is 6.74. The lowest BCUT2D eigenvalue weighted by Gasteiger charge is -2.21. The van der Waals surface area contributed by atoms with Gasteiger partial charge in [-0.25, -0.2) is 0 Å². The van der Waals surface area contributed by atoms with Crippen molar-refractivity contribution in [3.63, 3.8) is 0 Å². The van der Waals surface area contributed by atoms with Gasteiger partial charge in [-0.3, -0.25) is 9.48 Å². The molecular weight excluding hydrogens is 254 g/mol. The van der Waals surface area contributed by atoms with Crippen LogP contribution in [-0.4, -0.2) is 28.7 Å². The Bertz CT molecular complexity index is 634. The summed E-state index contributed by atoms with van der Waals surface area (Å²) in [6.07, 6.45) is 4.90. The molecule has 0 spiro atoms. The number of carbonyl (C=O) groups is 1. The molecule has 0 saturated heterocycles. The second kappa shape index (κ2) is 5.36. The number of aromatic nitrogens is 2. The summed E-state index contributed by atoms with van der Waals surface area (Å²) in [5.41, 5.74) is 2.65. The molecule has 104 valence electrons. The van der Waals surface area contributed by atoms with E-state index in [1.54, 1.807) is 10.9 Å². The Balaban J connectivity index is 1.74. The van der Waals surface area contributed by atoms with E-state index in [1.807, 2.05) is 31.4 Å². The summed E-state index contributed by atoms with van der Waals surface area (Å²) in [7, 11) is 1.87. The number of nitrogens with zero attached hydrogens (tertiary/aromatic N) is 2. The van der Waals surface area contributed by atoms with Gasteiger partial charge in [0.15, 0.2) is 11.5 Å². The highest BCUT2D eigenvalue weighted by molar-refractivity contribution is 6.00. The van der Waals surface area contributed by atoms with Crippen molar-refractivity contribution in [2.75, 3.05) is 18.5 Å². The number of Topliss-reactive ketones (excluding diaryl/α,β-unsaturated/α-hetero) is 1. The zero-order chi connectivity index (χ0) is 13.9. The molecule has 5 nitrogen and oxygen atoms in total. The molecule has 0 bridgehead atoms. The van der Waals surface area contributed by atoms with Gasteiger partial charge in [0.25, 0.3) is 0 Å². The summed E-state index contributed by atoms with van der Waals surface area (Å²) in [5, 5.41) is 7.35. The van der Waals surface area contributed by atoms with E-state index < -0.39 is 0 Å². The first kappa shape index (κ1) is 12.7. The lowest BCUT2D eigenvalue weighted by atomic mass is 10.0. The second-order valence-electron chi connectivity index (χ2n) is 4.90. The quantitative estimate of drug-likeness (QED) is 0.865. The number of carbonyl (C=O) groups excluding carboxylic acids is 1. The molecule has 0 amide bonds. The maximum atomic E-state index is 12.4. The first-order valence-electron chi connectivity index (χ1n) is 6.74. The number of ketones is 1.